The van der Waals surface area contributed by atoms with E-state index in [4.69, 9.17) is 15.2 Å². The smallest absolute Gasteiger partial charge is 0.250 e. The number of aryl methyl sites for hydroxylation is 2. The summed E-state index contributed by atoms with van der Waals surface area (Å²) in [7, 11) is 0. The number of allylic oxidation sites excluding steroid dienone is 1. The largest absolute Gasteiger partial charge is 0.375 e. The number of benzene rings is 3. The van der Waals surface area contributed by atoms with Crippen molar-refractivity contribution in [2.75, 3.05) is 32.9 Å². The van der Waals surface area contributed by atoms with Crippen LogP contribution in [0.5, 0.6) is 0 Å². The minimum atomic E-state index is -1.04. The summed E-state index contributed by atoms with van der Waals surface area (Å²) < 4.78 is 13.8. The minimum Gasteiger partial charge on any atom is -0.375 e. The molecular weight excluding hydrogens is 667 g/mol. The van der Waals surface area contributed by atoms with E-state index in [1.54, 1.807) is 20.2 Å². The number of ketones is 1. The van der Waals surface area contributed by atoms with E-state index in [1.165, 1.54) is 0 Å². The zero-order chi connectivity index (χ0) is 38.0. The number of likely N-dealkylation sites (tertiary alicyclic amines) is 1. The number of rotatable bonds is 16. The van der Waals surface area contributed by atoms with Crippen molar-refractivity contribution in [2.24, 2.45) is 11.7 Å². The van der Waals surface area contributed by atoms with E-state index in [1.807, 2.05) is 121 Å². The third-order valence-corrected chi connectivity index (χ3v) is 9.71. The minimum absolute atomic E-state index is 0.0160. The molecule has 0 radical (unpaired) electrons. The van der Waals surface area contributed by atoms with E-state index >= 15 is 0 Å². The van der Waals surface area contributed by atoms with Gasteiger partial charge in [0, 0.05) is 30.8 Å². The van der Waals surface area contributed by atoms with Gasteiger partial charge in [0.2, 0.25) is 11.8 Å². The fourth-order valence-electron chi connectivity index (χ4n) is 6.38. The summed E-state index contributed by atoms with van der Waals surface area (Å²) in [6.45, 7) is 11.5. The van der Waals surface area contributed by atoms with Crippen LogP contribution in [0, 0.1) is 19.8 Å². The molecule has 0 spiro atoms. The van der Waals surface area contributed by atoms with Crippen LogP contribution in [0.1, 0.15) is 78.0 Å². The standard InChI is InChI=1S/C43H53N5O5/c1-30-15-17-34(18-16-30)40(49)35-19-22-47(23-20-35)41(50)39(37-14-10-9-11-31(37)2)48-25-38(45-29-48)32(3)21-24-52-27-36(46-42(51)43(4,5)44)28-53-26-33-12-7-6-8-13-33/h6-18,21,25,29,35-36,39H,19-20,22-24,26-28,44H2,1-5H3,(H,46,51)/t36-,39?/m0/s1. The van der Waals surface area contributed by atoms with Crippen LogP contribution < -0.4 is 11.1 Å². The second-order valence-corrected chi connectivity index (χ2v) is 14.6. The number of aromatic nitrogens is 2. The van der Waals surface area contributed by atoms with Gasteiger partial charge in [-0.15, -0.1) is 0 Å². The summed E-state index contributed by atoms with van der Waals surface area (Å²) in [4.78, 5) is 46.7. The molecule has 1 aliphatic rings. The van der Waals surface area contributed by atoms with E-state index < -0.39 is 17.6 Å². The number of carbonyl (C=O) groups excluding carboxylic acids is 3. The van der Waals surface area contributed by atoms with Crippen LogP contribution in [-0.4, -0.2) is 76.5 Å². The summed E-state index contributed by atoms with van der Waals surface area (Å²) in [6.07, 6.45) is 6.80. The highest BCUT2D eigenvalue weighted by Gasteiger charge is 2.33. The number of piperidine rings is 1. The molecule has 1 fully saturated rings. The Balaban J connectivity index is 1.22. The zero-order valence-electron chi connectivity index (χ0n) is 31.6. The van der Waals surface area contributed by atoms with Gasteiger partial charge in [0.05, 0.1) is 50.0 Å². The van der Waals surface area contributed by atoms with Crippen LogP contribution in [0.25, 0.3) is 5.57 Å². The predicted octanol–water partition coefficient (Wildman–Crippen LogP) is 6.07. The van der Waals surface area contributed by atoms with E-state index in [2.05, 4.69) is 10.3 Å². The van der Waals surface area contributed by atoms with Gasteiger partial charge in [-0.05, 0) is 69.7 Å². The summed E-state index contributed by atoms with van der Waals surface area (Å²) in [5.74, 6) is -0.258. The van der Waals surface area contributed by atoms with E-state index in [0.717, 1.165) is 39.1 Å². The molecule has 1 unspecified atom stereocenters. The molecule has 5 rings (SSSR count). The summed E-state index contributed by atoms with van der Waals surface area (Å²) in [5.41, 5.74) is 11.4. The third-order valence-electron chi connectivity index (χ3n) is 9.71. The van der Waals surface area contributed by atoms with Gasteiger partial charge in [0.1, 0.15) is 6.04 Å². The topological polar surface area (TPSA) is 129 Å². The monoisotopic (exact) mass is 719 g/mol. The van der Waals surface area contributed by atoms with Crippen molar-refractivity contribution in [1.29, 1.82) is 0 Å². The number of amides is 2. The van der Waals surface area contributed by atoms with Gasteiger partial charge >= 0.3 is 0 Å². The summed E-state index contributed by atoms with van der Waals surface area (Å²) >= 11 is 0. The van der Waals surface area contributed by atoms with Crippen LogP contribution in [0.4, 0.5) is 0 Å². The lowest BCUT2D eigenvalue weighted by molar-refractivity contribution is -0.134. The maximum absolute atomic E-state index is 14.3. The molecule has 2 heterocycles. The number of Topliss-reactive ketones (excluding diaryl/α,β-unsaturated/α-hetero) is 1. The molecule has 2 atom stereocenters. The SMILES string of the molecule is CC(=CCOC[C@@H](COCc1ccccc1)NC(=O)C(C)(C)N)c1cn(C(C(=O)N2CCC(C(=O)c3ccc(C)cc3)CC2)c2ccccc2C)cn1. The second-order valence-electron chi connectivity index (χ2n) is 14.6. The Hall–Kier alpha value is -4.90. The van der Waals surface area contributed by atoms with Crippen molar-refractivity contribution < 1.29 is 23.9 Å². The van der Waals surface area contributed by atoms with Crippen molar-refractivity contribution in [2.45, 2.75) is 71.7 Å². The van der Waals surface area contributed by atoms with Crippen LogP contribution in [0.2, 0.25) is 0 Å². The number of nitrogens with two attached hydrogens (primary N) is 1. The van der Waals surface area contributed by atoms with Gasteiger partial charge in [-0.2, -0.15) is 0 Å². The Morgan fingerprint density at radius 3 is 2.28 bits per heavy atom. The Morgan fingerprint density at radius 2 is 1.60 bits per heavy atom. The molecule has 1 aliphatic heterocycles. The highest BCUT2D eigenvalue weighted by Crippen LogP contribution is 2.29. The van der Waals surface area contributed by atoms with Gasteiger partial charge in [0.15, 0.2) is 5.78 Å². The molecule has 2 amide bonds. The molecule has 3 aromatic carbocycles. The lowest BCUT2D eigenvalue weighted by atomic mass is 9.88. The first-order valence-corrected chi connectivity index (χ1v) is 18.4. The van der Waals surface area contributed by atoms with Crippen molar-refractivity contribution in [3.8, 4) is 0 Å². The number of imidazole rings is 1. The fourth-order valence-corrected chi connectivity index (χ4v) is 6.38. The lowest BCUT2D eigenvalue weighted by Gasteiger charge is -2.34. The molecule has 10 nitrogen and oxygen atoms in total. The molecular formula is C43H53N5O5. The molecule has 10 heteroatoms. The molecule has 0 bridgehead atoms. The van der Waals surface area contributed by atoms with E-state index in [-0.39, 0.29) is 43.3 Å². The third kappa shape index (κ3) is 10.8. The van der Waals surface area contributed by atoms with Gasteiger partial charge in [-0.1, -0.05) is 90.5 Å². The first-order chi connectivity index (χ1) is 25.4. The Bertz CT molecular complexity index is 1850. The van der Waals surface area contributed by atoms with Crippen LogP contribution >= 0.6 is 0 Å². The first-order valence-electron chi connectivity index (χ1n) is 18.4. The van der Waals surface area contributed by atoms with Crippen LogP contribution in [-0.2, 0) is 25.7 Å². The predicted molar refractivity (Wildman–Crippen MR) is 207 cm³/mol. The molecule has 280 valence electrons. The van der Waals surface area contributed by atoms with Crippen LogP contribution in [0.15, 0.2) is 97.5 Å². The Labute approximate surface area is 313 Å². The molecule has 1 saturated heterocycles. The molecule has 1 aromatic heterocycles. The van der Waals surface area contributed by atoms with Crippen molar-refractivity contribution in [3.63, 3.8) is 0 Å². The Morgan fingerprint density at radius 1 is 0.943 bits per heavy atom. The number of hydrogen-bond donors (Lipinski definition) is 2. The van der Waals surface area contributed by atoms with Gasteiger partial charge in [-0.25, -0.2) is 4.98 Å². The molecule has 53 heavy (non-hydrogen) atoms. The molecule has 4 aromatic rings. The van der Waals surface area contributed by atoms with E-state index in [9.17, 15) is 14.4 Å². The van der Waals surface area contributed by atoms with Gasteiger partial charge in [0.25, 0.3) is 0 Å². The normalized spacial score (nSPS) is 15.2. The van der Waals surface area contributed by atoms with Gasteiger partial charge in [-0.3, -0.25) is 14.4 Å². The molecule has 3 N–H and O–H groups in total. The zero-order valence-corrected chi connectivity index (χ0v) is 31.6. The number of nitrogens with zero attached hydrogens (tertiary/aromatic N) is 3. The second kappa shape index (κ2) is 18.2. The number of hydrogen-bond acceptors (Lipinski definition) is 7. The number of ether oxygens (including phenoxy) is 2. The highest BCUT2D eigenvalue weighted by molar-refractivity contribution is 5.98. The average molecular weight is 720 g/mol. The highest BCUT2D eigenvalue weighted by atomic mass is 16.5. The number of carbonyl (C=O) groups is 3. The molecule has 0 aliphatic carbocycles. The van der Waals surface area contributed by atoms with Crippen LogP contribution in [0.3, 0.4) is 0 Å². The fraction of sp³-hybridized carbons (Fsp3) is 0.395. The van der Waals surface area contributed by atoms with Gasteiger partial charge < -0.3 is 30.0 Å². The Kier molecular flexibility index (Phi) is 13.5. The average Bonchev–Trinajstić information content (AvgIpc) is 3.64. The summed E-state index contributed by atoms with van der Waals surface area (Å²) in [6, 6.07) is 24.5. The summed E-state index contributed by atoms with van der Waals surface area (Å²) in [5, 5.41) is 2.95. The maximum atomic E-state index is 14.3. The van der Waals surface area contributed by atoms with Crippen molar-refractivity contribution in [1.82, 2.24) is 19.8 Å². The van der Waals surface area contributed by atoms with E-state index in [0.29, 0.717) is 32.5 Å². The maximum Gasteiger partial charge on any atom is 0.250 e. The molecule has 0 saturated carbocycles. The van der Waals surface area contributed by atoms with Crippen molar-refractivity contribution >= 4 is 23.2 Å². The number of nitrogens with one attached hydrogen (secondary N) is 1. The quantitative estimate of drug-likeness (QED) is 0.106. The van der Waals surface area contributed by atoms with Crippen molar-refractivity contribution in [3.05, 3.63) is 131 Å². The lowest BCUT2D eigenvalue weighted by Crippen LogP contribution is -2.54. The first kappa shape index (κ1) is 39.3.